The van der Waals surface area contributed by atoms with Crippen LogP contribution in [-0.2, 0) is 5.41 Å². The molecule has 3 heteroatoms. The minimum absolute atomic E-state index is 0.152. The molecule has 0 saturated heterocycles. The molecule has 1 aliphatic rings. The van der Waals surface area contributed by atoms with Gasteiger partial charge in [0.2, 0.25) is 0 Å². The molecule has 10 aromatic rings. The first-order valence-electron chi connectivity index (χ1n) is 19.1. The smallest absolute Gasteiger partial charge is 0.145 e. The van der Waals surface area contributed by atoms with E-state index >= 15 is 0 Å². The summed E-state index contributed by atoms with van der Waals surface area (Å²) >= 11 is 0. The van der Waals surface area contributed by atoms with Crippen LogP contribution in [0.3, 0.4) is 0 Å². The van der Waals surface area contributed by atoms with E-state index in [9.17, 15) is 0 Å². The zero-order valence-corrected chi connectivity index (χ0v) is 30.7. The fraction of sp³-hybridized carbons (Fsp3) is 0.0577. The maximum absolute atomic E-state index is 5.09. The van der Waals surface area contributed by atoms with Gasteiger partial charge in [-0.1, -0.05) is 135 Å². The highest BCUT2D eigenvalue weighted by atomic mass is 15.1. The van der Waals surface area contributed by atoms with Crippen molar-refractivity contribution in [2.24, 2.45) is 0 Å². The Morgan fingerprint density at radius 3 is 1.62 bits per heavy atom. The summed E-state index contributed by atoms with van der Waals surface area (Å²) in [4.78, 5) is 5.09. The number of nitrogens with zero attached hydrogens (tertiary/aromatic N) is 3. The topological polar surface area (TPSA) is 22.8 Å². The second-order valence-electron chi connectivity index (χ2n) is 15.2. The quantitative estimate of drug-likeness (QED) is 0.175. The molecule has 0 saturated carbocycles. The number of para-hydroxylation sites is 2. The van der Waals surface area contributed by atoms with Crippen LogP contribution in [0.1, 0.15) is 25.0 Å². The Morgan fingerprint density at radius 1 is 0.382 bits per heavy atom. The van der Waals surface area contributed by atoms with Crippen LogP contribution >= 0.6 is 0 Å². The molecule has 260 valence electrons. The highest BCUT2D eigenvalue weighted by molar-refractivity contribution is 6.12. The van der Waals surface area contributed by atoms with Gasteiger partial charge < -0.3 is 4.57 Å². The molecule has 3 nitrogen and oxygen atoms in total. The average molecular weight is 704 g/mol. The third kappa shape index (κ3) is 4.86. The Morgan fingerprint density at radius 2 is 0.927 bits per heavy atom. The lowest BCUT2D eigenvalue weighted by Crippen LogP contribution is -2.15. The van der Waals surface area contributed by atoms with E-state index in [1.807, 2.05) is 0 Å². The van der Waals surface area contributed by atoms with Crippen molar-refractivity contribution in [2.75, 3.05) is 0 Å². The lowest BCUT2D eigenvalue weighted by Gasteiger charge is -2.22. The molecule has 0 radical (unpaired) electrons. The van der Waals surface area contributed by atoms with E-state index in [2.05, 4.69) is 211 Å². The van der Waals surface area contributed by atoms with Crippen LogP contribution in [0, 0.1) is 0 Å². The SMILES string of the molecule is CC1(C)c2cc(-c3ccccc3)ccc2-c2cc3c(cc21)c1cc(-c2ccccc2)ccc1n3-c1ccc(-n2c(-c3ccccc3)nc3ccccc32)cc1. The number of rotatable bonds is 5. The van der Waals surface area contributed by atoms with Gasteiger partial charge in [0, 0.05) is 33.1 Å². The molecule has 0 aliphatic heterocycles. The standard InChI is InChI=1S/C52H37N3/c1-52(2)45-31-38(35-16-8-4-9-17-35)22-28-41(45)42-33-50-44(32-46(42)52)43-30-37(34-14-6-3-7-15-34)23-29-48(43)54(50)39-24-26-40(27-25-39)55-49-21-13-12-20-47(49)53-51(55)36-18-10-5-11-19-36/h3-33H,1-2H3. The lowest BCUT2D eigenvalue weighted by atomic mass is 9.81. The monoisotopic (exact) mass is 703 g/mol. The van der Waals surface area contributed by atoms with Gasteiger partial charge in [-0.25, -0.2) is 4.98 Å². The van der Waals surface area contributed by atoms with E-state index in [0.29, 0.717) is 0 Å². The van der Waals surface area contributed by atoms with Crippen molar-refractivity contribution in [3.8, 4) is 56.1 Å². The zero-order valence-electron chi connectivity index (χ0n) is 30.7. The highest BCUT2D eigenvalue weighted by Gasteiger charge is 2.36. The van der Waals surface area contributed by atoms with Crippen LogP contribution < -0.4 is 0 Å². The predicted octanol–water partition coefficient (Wildman–Crippen LogP) is 13.4. The molecule has 0 spiro atoms. The fourth-order valence-corrected chi connectivity index (χ4v) is 8.96. The van der Waals surface area contributed by atoms with Gasteiger partial charge in [0.05, 0.1) is 22.1 Å². The Hall–Kier alpha value is -6.97. The molecule has 0 atom stereocenters. The third-order valence-electron chi connectivity index (χ3n) is 11.7. The van der Waals surface area contributed by atoms with Gasteiger partial charge in [-0.15, -0.1) is 0 Å². The van der Waals surface area contributed by atoms with E-state index in [1.54, 1.807) is 0 Å². The summed E-state index contributed by atoms with van der Waals surface area (Å²) in [5, 5.41) is 2.53. The van der Waals surface area contributed by atoms with E-state index in [1.165, 1.54) is 66.3 Å². The Labute approximate surface area is 320 Å². The van der Waals surface area contributed by atoms with Crippen molar-refractivity contribution >= 4 is 32.8 Å². The summed E-state index contributed by atoms with van der Waals surface area (Å²) in [7, 11) is 0. The summed E-state index contributed by atoms with van der Waals surface area (Å²) in [5.74, 6) is 0.937. The second-order valence-corrected chi connectivity index (χ2v) is 15.2. The number of fused-ring (bicyclic) bond motifs is 7. The Bertz CT molecular complexity index is 3080. The predicted molar refractivity (Wildman–Crippen MR) is 229 cm³/mol. The maximum Gasteiger partial charge on any atom is 0.145 e. The minimum Gasteiger partial charge on any atom is -0.309 e. The van der Waals surface area contributed by atoms with Crippen LogP contribution in [0.15, 0.2) is 188 Å². The molecular formula is C52H37N3. The molecule has 1 aliphatic carbocycles. The van der Waals surface area contributed by atoms with Crippen LogP contribution in [0.25, 0.3) is 89.0 Å². The Balaban J connectivity index is 1.12. The van der Waals surface area contributed by atoms with Gasteiger partial charge in [-0.3, -0.25) is 4.57 Å². The maximum atomic E-state index is 5.09. The van der Waals surface area contributed by atoms with Crippen LogP contribution in [0.2, 0.25) is 0 Å². The van der Waals surface area contributed by atoms with Crippen molar-refractivity contribution in [3.05, 3.63) is 199 Å². The van der Waals surface area contributed by atoms with Crippen molar-refractivity contribution in [2.45, 2.75) is 19.3 Å². The molecule has 11 rings (SSSR count). The third-order valence-corrected chi connectivity index (χ3v) is 11.7. The number of benzene rings is 8. The Kier molecular flexibility index (Phi) is 6.90. The van der Waals surface area contributed by atoms with E-state index in [0.717, 1.165) is 33.8 Å². The first-order valence-corrected chi connectivity index (χ1v) is 19.1. The van der Waals surface area contributed by atoms with Gasteiger partial charge in [-0.2, -0.15) is 0 Å². The summed E-state index contributed by atoms with van der Waals surface area (Å²) < 4.78 is 4.74. The molecule has 0 N–H and O–H groups in total. The summed E-state index contributed by atoms with van der Waals surface area (Å²) in [6, 6.07) is 68.2. The van der Waals surface area contributed by atoms with Crippen LogP contribution in [-0.4, -0.2) is 14.1 Å². The largest absolute Gasteiger partial charge is 0.309 e. The number of imidazole rings is 1. The molecule has 0 unspecified atom stereocenters. The van der Waals surface area contributed by atoms with Gasteiger partial charge in [0.1, 0.15) is 5.82 Å². The molecular weight excluding hydrogens is 667 g/mol. The molecule has 55 heavy (non-hydrogen) atoms. The molecule has 8 aromatic carbocycles. The number of aromatic nitrogens is 3. The van der Waals surface area contributed by atoms with Crippen molar-refractivity contribution in [1.82, 2.24) is 14.1 Å². The van der Waals surface area contributed by atoms with Crippen LogP contribution in [0.4, 0.5) is 0 Å². The van der Waals surface area contributed by atoms with Crippen molar-refractivity contribution in [1.29, 1.82) is 0 Å². The first-order chi connectivity index (χ1) is 27.0. The number of hydrogen-bond acceptors (Lipinski definition) is 1. The van der Waals surface area contributed by atoms with E-state index in [4.69, 9.17) is 4.98 Å². The highest BCUT2D eigenvalue weighted by Crippen LogP contribution is 2.52. The summed E-state index contributed by atoms with van der Waals surface area (Å²) in [5.41, 5.74) is 17.9. The van der Waals surface area contributed by atoms with Crippen molar-refractivity contribution in [3.63, 3.8) is 0 Å². The lowest BCUT2D eigenvalue weighted by molar-refractivity contribution is 0.661. The van der Waals surface area contributed by atoms with Gasteiger partial charge in [-0.05, 0) is 111 Å². The average Bonchev–Trinajstić information content (AvgIpc) is 3.86. The fourth-order valence-electron chi connectivity index (χ4n) is 8.96. The molecule has 0 bridgehead atoms. The summed E-state index contributed by atoms with van der Waals surface area (Å²) in [6.07, 6.45) is 0. The van der Waals surface area contributed by atoms with E-state index in [-0.39, 0.29) is 5.41 Å². The van der Waals surface area contributed by atoms with Crippen molar-refractivity contribution < 1.29 is 0 Å². The minimum atomic E-state index is -0.152. The normalized spacial score (nSPS) is 13.1. The zero-order chi connectivity index (χ0) is 36.7. The number of hydrogen-bond donors (Lipinski definition) is 0. The second kappa shape index (κ2) is 12.0. The first kappa shape index (κ1) is 31.5. The molecule has 2 heterocycles. The van der Waals surface area contributed by atoms with Gasteiger partial charge in [0.25, 0.3) is 0 Å². The molecule has 0 fully saturated rings. The summed E-state index contributed by atoms with van der Waals surface area (Å²) in [6.45, 7) is 4.77. The van der Waals surface area contributed by atoms with E-state index < -0.39 is 0 Å². The molecule has 2 aromatic heterocycles. The molecule has 0 amide bonds. The van der Waals surface area contributed by atoms with Gasteiger partial charge in [0.15, 0.2) is 0 Å². The van der Waals surface area contributed by atoms with Crippen LogP contribution in [0.5, 0.6) is 0 Å². The van der Waals surface area contributed by atoms with Gasteiger partial charge >= 0.3 is 0 Å².